The van der Waals surface area contributed by atoms with E-state index in [2.05, 4.69) is 46.1 Å². The molecule has 2 heterocycles. The number of amides is 1. The maximum atomic E-state index is 13.0. The van der Waals surface area contributed by atoms with Crippen LogP contribution in [0.4, 0.5) is 0 Å². The van der Waals surface area contributed by atoms with Crippen LogP contribution in [0.2, 0.25) is 0 Å². The maximum absolute atomic E-state index is 13.0. The van der Waals surface area contributed by atoms with Gasteiger partial charge in [0.2, 0.25) is 0 Å². The summed E-state index contributed by atoms with van der Waals surface area (Å²) in [6.07, 6.45) is 2.03. The zero-order valence-corrected chi connectivity index (χ0v) is 15.2. The number of para-hydroxylation sites is 1. The molecular formula is C22H25N3O. The zero-order chi connectivity index (χ0) is 17.9. The molecule has 3 aromatic rings. The summed E-state index contributed by atoms with van der Waals surface area (Å²) in [5, 5.41) is 4.36. The monoisotopic (exact) mass is 347 g/mol. The average molecular weight is 347 g/mol. The summed E-state index contributed by atoms with van der Waals surface area (Å²) in [7, 11) is 2.13. The molecule has 0 unspecified atom stereocenters. The molecule has 1 aromatic heterocycles. The molecule has 4 nitrogen and oxygen atoms in total. The Morgan fingerprint density at radius 2 is 1.73 bits per heavy atom. The number of fused-ring (bicyclic) bond motifs is 1. The van der Waals surface area contributed by atoms with Gasteiger partial charge in [0.15, 0.2) is 0 Å². The van der Waals surface area contributed by atoms with Crippen LogP contribution in [0, 0.1) is 0 Å². The number of hydrogen-bond donors (Lipinski definition) is 1. The molecule has 0 saturated carbocycles. The van der Waals surface area contributed by atoms with Gasteiger partial charge in [-0.2, -0.15) is 0 Å². The lowest BCUT2D eigenvalue weighted by atomic mass is 10.1. The van der Waals surface area contributed by atoms with Gasteiger partial charge in [0.1, 0.15) is 5.69 Å². The normalized spacial score (nSPS) is 16.0. The maximum Gasteiger partial charge on any atom is 0.268 e. The van der Waals surface area contributed by atoms with E-state index in [1.165, 1.54) is 5.56 Å². The van der Waals surface area contributed by atoms with E-state index >= 15 is 0 Å². The van der Waals surface area contributed by atoms with Gasteiger partial charge in [-0.15, -0.1) is 0 Å². The van der Waals surface area contributed by atoms with Crippen LogP contribution in [-0.2, 0) is 6.54 Å². The first-order valence-corrected chi connectivity index (χ1v) is 9.32. The first-order chi connectivity index (χ1) is 12.7. The highest BCUT2D eigenvalue weighted by molar-refractivity contribution is 5.99. The van der Waals surface area contributed by atoms with E-state index in [-0.39, 0.29) is 11.9 Å². The second kappa shape index (κ2) is 7.34. The summed E-state index contributed by atoms with van der Waals surface area (Å²) in [6, 6.07) is 20.8. The van der Waals surface area contributed by atoms with Crippen molar-refractivity contribution in [2.24, 2.45) is 0 Å². The summed E-state index contributed by atoms with van der Waals surface area (Å²) in [5.74, 6) is 0.0340. The summed E-state index contributed by atoms with van der Waals surface area (Å²) < 4.78 is 2.13. The minimum absolute atomic E-state index is 0.0340. The van der Waals surface area contributed by atoms with E-state index in [4.69, 9.17) is 0 Å². The summed E-state index contributed by atoms with van der Waals surface area (Å²) in [4.78, 5) is 15.3. The molecule has 134 valence electrons. The van der Waals surface area contributed by atoms with Crippen LogP contribution in [0.3, 0.4) is 0 Å². The SMILES string of the molecule is CN1CCC(NC(=O)c2cc3ccccc3n2Cc2ccccc2)CC1. The third kappa shape index (κ3) is 3.51. The third-order valence-electron chi connectivity index (χ3n) is 5.28. The quantitative estimate of drug-likeness (QED) is 0.784. The lowest BCUT2D eigenvalue weighted by molar-refractivity contribution is 0.0908. The van der Waals surface area contributed by atoms with E-state index in [9.17, 15) is 4.79 Å². The number of benzene rings is 2. The molecule has 4 rings (SSSR count). The van der Waals surface area contributed by atoms with Gasteiger partial charge in [0, 0.05) is 23.5 Å². The van der Waals surface area contributed by atoms with Crippen molar-refractivity contribution in [2.45, 2.75) is 25.4 Å². The number of likely N-dealkylation sites (tertiary alicyclic amines) is 1. The van der Waals surface area contributed by atoms with Gasteiger partial charge >= 0.3 is 0 Å². The van der Waals surface area contributed by atoms with Crippen LogP contribution < -0.4 is 5.32 Å². The Kier molecular flexibility index (Phi) is 4.76. The molecule has 1 fully saturated rings. The van der Waals surface area contributed by atoms with Crippen molar-refractivity contribution in [2.75, 3.05) is 20.1 Å². The number of aromatic nitrogens is 1. The van der Waals surface area contributed by atoms with Crippen LogP contribution in [0.25, 0.3) is 10.9 Å². The van der Waals surface area contributed by atoms with Gasteiger partial charge in [-0.3, -0.25) is 4.79 Å². The van der Waals surface area contributed by atoms with Crippen LogP contribution in [-0.4, -0.2) is 41.6 Å². The molecule has 4 heteroatoms. The Labute approximate surface area is 154 Å². The molecule has 0 bridgehead atoms. The summed E-state index contributed by atoms with van der Waals surface area (Å²) >= 11 is 0. The molecule has 0 spiro atoms. The number of nitrogens with zero attached hydrogens (tertiary/aromatic N) is 2. The number of nitrogens with one attached hydrogen (secondary N) is 1. The highest BCUT2D eigenvalue weighted by atomic mass is 16.2. The number of piperidine rings is 1. The van der Waals surface area contributed by atoms with Crippen molar-refractivity contribution in [3.8, 4) is 0 Å². The molecular weight excluding hydrogens is 322 g/mol. The standard InChI is InChI=1S/C22H25N3O/c1-24-13-11-19(12-14-24)23-22(26)21-15-18-9-5-6-10-20(18)25(21)16-17-7-3-2-4-8-17/h2-10,15,19H,11-14,16H2,1H3,(H,23,26). The second-order valence-corrected chi connectivity index (χ2v) is 7.21. The zero-order valence-electron chi connectivity index (χ0n) is 15.2. The van der Waals surface area contributed by atoms with Crippen molar-refractivity contribution < 1.29 is 4.79 Å². The van der Waals surface area contributed by atoms with Crippen LogP contribution >= 0.6 is 0 Å². The number of hydrogen-bond acceptors (Lipinski definition) is 2. The van der Waals surface area contributed by atoms with E-state index in [1.54, 1.807) is 0 Å². The fourth-order valence-electron chi connectivity index (χ4n) is 3.75. The predicted molar refractivity (Wildman–Crippen MR) is 105 cm³/mol. The number of carbonyl (C=O) groups is 1. The molecule has 1 aliphatic rings. The number of carbonyl (C=O) groups excluding carboxylic acids is 1. The van der Waals surface area contributed by atoms with Crippen LogP contribution in [0.5, 0.6) is 0 Å². The van der Waals surface area contributed by atoms with Gasteiger partial charge in [0.05, 0.1) is 0 Å². The van der Waals surface area contributed by atoms with Gasteiger partial charge in [-0.05, 0) is 50.7 Å². The summed E-state index contributed by atoms with van der Waals surface area (Å²) in [5.41, 5.74) is 3.04. The number of rotatable bonds is 4. The van der Waals surface area contributed by atoms with Gasteiger partial charge in [0.25, 0.3) is 5.91 Å². The average Bonchev–Trinajstić information content (AvgIpc) is 3.03. The lowest BCUT2D eigenvalue weighted by Crippen LogP contribution is -2.43. The van der Waals surface area contributed by atoms with Crippen molar-refractivity contribution >= 4 is 16.8 Å². The van der Waals surface area contributed by atoms with Crippen molar-refractivity contribution in [3.05, 3.63) is 71.9 Å². The minimum Gasteiger partial charge on any atom is -0.348 e. The predicted octanol–water partition coefficient (Wildman–Crippen LogP) is 3.51. The summed E-state index contributed by atoms with van der Waals surface area (Å²) in [6.45, 7) is 2.78. The molecule has 1 aliphatic heterocycles. The van der Waals surface area contributed by atoms with Crippen LogP contribution in [0.15, 0.2) is 60.7 Å². The van der Waals surface area contributed by atoms with Gasteiger partial charge in [-0.25, -0.2) is 0 Å². The Balaban J connectivity index is 1.63. The van der Waals surface area contributed by atoms with Crippen LogP contribution in [0.1, 0.15) is 28.9 Å². The molecule has 0 radical (unpaired) electrons. The van der Waals surface area contributed by atoms with Crippen molar-refractivity contribution in [3.63, 3.8) is 0 Å². The fraction of sp³-hybridized carbons (Fsp3) is 0.318. The molecule has 26 heavy (non-hydrogen) atoms. The highest BCUT2D eigenvalue weighted by Crippen LogP contribution is 2.22. The van der Waals surface area contributed by atoms with Gasteiger partial charge < -0.3 is 14.8 Å². The first-order valence-electron chi connectivity index (χ1n) is 9.32. The lowest BCUT2D eigenvalue weighted by Gasteiger charge is -2.29. The topological polar surface area (TPSA) is 37.3 Å². The molecule has 1 saturated heterocycles. The van der Waals surface area contributed by atoms with E-state index in [0.717, 1.165) is 42.5 Å². The van der Waals surface area contributed by atoms with Crippen molar-refractivity contribution in [1.29, 1.82) is 0 Å². The largest absolute Gasteiger partial charge is 0.348 e. The minimum atomic E-state index is 0.0340. The first kappa shape index (κ1) is 16.9. The van der Waals surface area contributed by atoms with E-state index in [0.29, 0.717) is 6.54 Å². The van der Waals surface area contributed by atoms with E-state index < -0.39 is 0 Å². The second-order valence-electron chi connectivity index (χ2n) is 7.21. The molecule has 2 aromatic carbocycles. The van der Waals surface area contributed by atoms with Crippen molar-refractivity contribution in [1.82, 2.24) is 14.8 Å². The molecule has 0 atom stereocenters. The Hall–Kier alpha value is -2.59. The van der Waals surface area contributed by atoms with Gasteiger partial charge in [-0.1, -0.05) is 48.5 Å². The fourth-order valence-corrected chi connectivity index (χ4v) is 3.75. The third-order valence-corrected chi connectivity index (χ3v) is 5.28. The van der Waals surface area contributed by atoms with E-state index in [1.807, 2.05) is 36.4 Å². The highest BCUT2D eigenvalue weighted by Gasteiger charge is 2.22. The Morgan fingerprint density at radius 1 is 1.04 bits per heavy atom. The Bertz CT molecular complexity index is 892. The smallest absolute Gasteiger partial charge is 0.268 e. The molecule has 1 amide bonds. The molecule has 1 N–H and O–H groups in total. The Morgan fingerprint density at radius 3 is 2.50 bits per heavy atom. The molecule has 0 aliphatic carbocycles.